The van der Waals surface area contributed by atoms with Crippen molar-refractivity contribution >= 4 is 27.3 Å². The van der Waals surface area contributed by atoms with Gasteiger partial charge in [0.05, 0.1) is 17.7 Å². The van der Waals surface area contributed by atoms with Crippen molar-refractivity contribution < 1.29 is 9.34 Å². The minimum absolute atomic E-state index is 0.0859. The van der Waals surface area contributed by atoms with E-state index < -0.39 is 0 Å². The second-order valence-electron chi connectivity index (χ2n) is 3.98. The van der Waals surface area contributed by atoms with Crippen LogP contribution in [0.2, 0.25) is 0 Å². The van der Waals surface area contributed by atoms with Crippen LogP contribution in [0, 0.1) is 10.1 Å². The molecule has 0 N–H and O–H groups in total. The molecule has 2 rings (SSSR count). The van der Waals surface area contributed by atoms with Gasteiger partial charge < -0.3 is 9.32 Å². The van der Waals surface area contributed by atoms with Crippen LogP contribution in [0.3, 0.4) is 0 Å². The Bertz CT molecular complexity index is 569. The zero-order chi connectivity index (χ0) is 13.8. The third-order valence-electron chi connectivity index (χ3n) is 2.78. The fraction of sp³-hybridized carbons (Fsp3) is 0.231. The Hall–Kier alpha value is -1.82. The van der Waals surface area contributed by atoms with E-state index in [4.69, 9.17) is 4.42 Å². The van der Waals surface area contributed by atoms with E-state index in [9.17, 15) is 10.1 Å². The zero-order valence-electron chi connectivity index (χ0n) is 10.4. The Balaban J connectivity index is 2.35. The van der Waals surface area contributed by atoms with Crippen LogP contribution in [0.5, 0.6) is 0 Å². The van der Waals surface area contributed by atoms with Gasteiger partial charge in [0.1, 0.15) is 11.4 Å². The van der Waals surface area contributed by atoms with Crippen LogP contribution in [0.4, 0.5) is 11.4 Å². The van der Waals surface area contributed by atoms with Gasteiger partial charge in [-0.1, -0.05) is 15.9 Å². The molecule has 100 valence electrons. The van der Waals surface area contributed by atoms with Gasteiger partial charge >= 0.3 is 0 Å². The SMILES string of the molecule is CCN(Cc1ccco1)c1ccc(Br)cc1[N+](=O)[O-]. The fourth-order valence-corrected chi connectivity index (χ4v) is 2.22. The van der Waals surface area contributed by atoms with Crippen molar-refractivity contribution in [1.29, 1.82) is 0 Å². The third kappa shape index (κ3) is 3.14. The summed E-state index contributed by atoms with van der Waals surface area (Å²) >= 11 is 3.25. The Kier molecular flexibility index (Phi) is 4.21. The number of benzene rings is 1. The number of nitro benzene ring substituents is 1. The molecule has 1 aromatic heterocycles. The van der Waals surface area contributed by atoms with Gasteiger partial charge in [-0.3, -0.25) is 10.1 Å². The summed E-state index contributed by atoms with van der Waals surface area (Å²) in [6.45, 7) is 3.11. The summed E-state index contributed by atoms with van der Waals surface area (Å²) in [5.41, 5.74) is 0.676. The summed E-state index contributed by atoms with van der Waals surface area (Å²) < 4.78 is 5.98. The monoisotopic (exact) mass is 324 g/mol. The van der Waals surface area contributed by atoms with Crippen molar-refractivity contribution in [1.82, 2.24) is 0 Å². The van der Waals surface area contributed by atoms with Crippen molar-refractivity contribution in [3.05, 3.63) is 56.9 Å². The first-order valence-corrected chi connectivity index (χ1v) is 6.62. The standard InChI is InChI=1S/C13H13BrN2O3/c1-2-15(9-11-4-3-7-19-11)12-6-5-10(14)8-13(12)16(17)18/h3-8H,2,9H2,1H3. The maximum absolute atomic E-state index is 11.1. The van der Waals surface area contributed by atoms with Crippen LogP contribution in [0.1, 0.15) is 12.7 Å². The molecule has 0 saturated carbocycles. The van der Waals surface area contributed by atoms with Crippen molar-refractivity contribution in [2.45, 2.75) is 13.5 Å². The summed E-state index contributed by atoms with van der Waals surface area (Å²) in [6.07, 6.45) is 1.60. The number of hydrogen-bond acceptors (Lipinski definition) is 4. The molecule has 1 aromatic carbocycles. The van der Waals surface area contributed by atoms with Crippen molar-refractivity contribution in [2.24, 2.45) is 0 Å². The van der Waals surface area contributed by atoms with Gasteiger partial charge in [-0.25, -0.2) is 0 Å². The molecule has 0 unspecified atom stereocenters. The molecular formula is C13H13BrN2O3. The lowest BCUT2D eigenvalue weighted by Crippen LogP contribution is -2.22. The van der Waals surface area contributed by atoms with Crippen LogP contribution in [0.25, 0.3) is 0 Å². The summed E-state index contributed by atoms with van der Waals surface area (Å²) in [5, 5.41) is 11.1. The minimum atomic E-state index is -0.370. The zero-order valence-corrected chi connectivity index (χ0v) is 12.0. The second-order valence-corrected chi connectivity index (χ2v) is 4.90. The third-order valence-corrected chi connectivity index (χ3v) is 3.28. The molecule has 0 radical (unpaired) electrons. The summed E-state index contributed by atoms with van der Waals surface area (Å²) in [5.74, 6) is 0.777. The van der Waals surface area contributed by atoms with Gasteiger partial charge in [-0.2, -0.15) is 0 Å². The maximum atomic E-state index is 11.1. The van der Waals surface area contributed by atoms with E-state index in [0.29, 0.717) is 23.2 Å². The topological polar surface area (TPSA) is 59.5 Å². The summed E-state index contributed by atoms with van der Waals surface area (Å²) in [6, 6.07) is 8.72. The molecule has 0 fully saturated rings. The first-order chi connectivity index (χ1) is 9.11. The maximum Gasteiger partial charge on any atom is 0.293 e. The second kappa shape index (κ2) is 5.88. The van der Waals surface area contributed by atoms with E-state index >= 15 is 0 Å². The van der Waals surface area contributed by atoms with E-state index in [1.165, 1.54) is 6.07 Å². The van der Waals surface area contributed by atoms with E-state index in [2.05, 4.69) is 15.9 Å². The Morgan fingerprint density at radius 1 is 1.42 bits per heavy atom. The first kappa shape index (κ1) is 13.6. The lowest BCUT2D eigenvalue weighted by Gasteiger charge is -2.21. The Morgan fingerprint density at radius 3 is 2.79 bits per heavy atom. The molecule has 0 bridgehead atoms. The lowest BCUT2D eigenvalue weighted by molar-refractivity contribution is -0.384. The van der Waals surface area contributed by atoms with Gasteiger partial charge in [0.2, 0.25) is 0 Å². The molecule has 6 heteroatoms. The number of nitrogens with zero attached hydrogens (tertiary/aromatic N) is 2. The van der Waals surface area contributed by atoms with Gasteiger partial charge in [-0.15, -0.1) is 0 Å². The molecule has 0 saturated heterocycles. The van der Waals surface area contributed by atoms with Crippen LogP contribution in [-0.4, -0.2) is 11.5 Å². The van der Waals surface area contributed by atoms with E-state index in [1.54, 1.807) is 24.5 Å². The molecule has 5 nitrogen and oxygen atoms in total. The molecule has 0 amide bonds. The molecule has 0 aliphatic carbocycles. The Labute approximate surface area is 119 Å². The largest absolute Gasteiger partial charge is 0.467 e. The number of rotatable bonds is 5. The highest BCUT2D eigenvalue weighted by atomic mass is 79.9. The van der Waals surface area contributed by atoms with Gasteiger partial charge in [0, 0.05) is 17.1 Å². The van der Waals surface area contributed by atoms with Crippen LogP contribution < -0.4 is 4.90 Å². The van der Waals surface area contributed by atoms with Gasteiger partial charge in [0.25, 0.3) is 5.69 Å². The van der Waals surface area contributed by atoms with E-state index in [-0.39, 0.29) is 10.6 Å². The average molecular weight is 325 g/mol. The summed E-state index contributed by atoms with van der Waals surface area (Å²) in [4.78, 5) is 12.7. The number of furan rings is 1. The highest BCUT2D eigenvalue weighted by Gasteiger charge is 2.19. The Morgan fingerprint density at radius 2 is 2.21 bits per heavy atom. The normalized spacial score (nSPS) is 10.4. The van der Waals surface area contributed by atoms with Gasteiger partial charge in [-0.05, 0) is 31.2 Å². The molecule has 19 heavy (non-hydrogen) atoms. The molecule has 1 heterocycles. The highest BCUT2D eigenvalue weighted by molar-refractivity contribution is 9.10. The first-order valence-electron chi connectivity index (χ1n) is 5.83. The lowest BCUT2D eigenvalue weighted by atomic mass is 10.2. The van der Waals surface area contributed by atoms with Crippen LogP contribution in [0.15, 0.2) is 45.5 Å². The highest BCUT2D eigenvalue weighted by Crippen LogP contribution is 2.32. The minimum Gasteiger partial charge on any atom is -0.467 e. The number of hydrogen-bond donors (Lipinski definition) is 0. The smallest absolute Gasteiger partial charge is 0.293 e. The predicted octanol–water partition coefficient (Wildman–Crippen LogP) is 3.98. The van der Waals surface area contributed by atoms with Crippen molar-refractivity contribution in [2.75, 3.05) is 11.4 Å². The van der Waals surface area contributed by atoms with Crippen molar-refractivity contribution in [3.8, 4) is 0 Å². The number of halogens is 1. The number of nitro groups is 1. The molecule has 0 aliphatic heterocycles. The van der Waals surface area contributed by atoms with Crippen LogP contribution in [-0.2, 0) is 6.54 Å². The quantitative estimate of drug-likeness (QED) is 0.616. The summed E-state index contributed by atoms with van der Waals surface area (Å²) in [7, 11) is 0. The van der Waals surface area contributed by atoms with Crippen LogP contribution >= 0.6 is 15.9 Å². The molecule has 2 aromatic rings. The molecule has 0 atom stereocenters. The van der Waals surface area contributed by atoms with E-state index in [1.807, 2.05) is 17.9 Å². The van der Waals surface area contributed by atoms with E-state index in [0.717, 1.165) is 5.76 Å². The fourth-order valence-electron chi connectivity index (χ4n) is 1.87. The molecular weight excluding hydrogens is 312 g/mol. The number of anilines is 1. The molecule has 0 aliphatic rings. The predicted molar refractivity (Wildman–Crippen MR) is 76.2 cm³/mol. The van der Waals surface area contributed by atoms with Crippen molar-refractivity contribution in [3.63, 3.8) is 0 Å². The van der Waals surface area contributed by atoms with Gasteiger partial charge in [0.15, 0.2) is 0 Å². The molecule has 0 spiro atoms. The average Bonchev–Trinajstić information content (AvgIpc) is 2.89.